The number of hydrogen-bond donors (Lipinski definition) is 1. The van der Waals surface area contributed by atoms with Gasteiger partial charge in [-0.25, -0.2) is 4.98 Å². The van der Waals surface area contributed by atoms with Crippen LogP contribution < -0.4 is 10.5 Å². The summed E-state index contributed by atoms with van der Waals surface area (Å²) in [5.74, 6) is 1.03. The van der Waals surface area contributed by atoms with Crippen molar-refractivity contribution in [2.45, 2.75) is 27.7 Å². The van der Waals surface area contributed by atoms with Crippen molar-refractivity contribution in [3.63, 3.8) is 0 Å². The minimum atomic E-state index is 0.367. The number of nitrogens with two attached hydrogens (primary N) is 1. The molecule has 6 heteroatoms. The average molecular weight is 321 g/mol. The van der Waals surface area contributed by atoms with Gasteiger partial charge in [-0.2, -0.15) is 5.26 Å². The number of rotatable bonds is 2. The molecule has 0 amide bonds. The number of pyridine rings is 2. The molecule has 3 aromatic heterocycles. The second-order valence-corrected chi connectivity index (χ2v) is 5.85. The van der Waals surface area contributed by atoms with E-state index in [4.69, 9.17) is 10.5 Å². The van der Waals surface area contributed by atoms with Crippen molar-refractivity contribution in [2.24, 2.45) is 0 Å². The summed E-state index contributed by atoms with van der Waals surface area (Å²) < 4.78 is 7.19. The van der Waals surface area contributed by atoms with E-state index in [1.165, 1.54) is 0 Å². The summed E-state index contributed by atoms with van der Waals surface area (Å²) in [7, 11) is 1.60. The van der Waals surface area contributed by atoms with Crippen LogP contribution in [-0.4, -0.2) is 21.6 Å². The van der Waals surface area contributed by atoms with Gasteiger partial charge in [0.25, 0.3) is 0 Å². The monoisotopic (exact) mass is 321 g/mol. The summed E-state index contributed by atoms with van der Waals surface area (Å²) >= 11 is 0. The fourth-order valence-electron chi connectivity index (χ4n) is 2.99. The predicted molar refractivity (Wildman–Crippen MR) is 93.5 cm³/mol. The molecule has 0 aliphatic rings. The molecule has 2 N–H and O–H groups in total. The number of nitriles is 1. The van der Waals surface area contributed by atoms with Gasteiger partial charge in [-0.1, -0.05) is 0 Å². The van der Waals surface area contributed by atoms with Crippen LogP contribution in [0.15, 0.2) is 12.3 Å². The van der Waals surface area contributed by atoms with Crippen molar-refractivity contribution in [1.29, 1.82) is 5.26 Å². The first-order valence-electron chi connectivity index (χ1n) is 7.59. The highest BCUT2D eigenvalue weighted by Crippen LogP contribution is 2.35. The van der Waals surface area contributed by atoms with Gasteiger partial charge in [-0.15, -0.1) is 0 Å². The minimum absolute atomic E-state index is 0.367. The third-order valence-electron chi connectivity index (χ3n) is 4.42. The second-order valence-electron chi connectivity index (χ2n) is 5.85. The molecule has 0 radical (unpaired) electrons. The van der Waals surface area contributed by atoms with Gasteiger partial charge >= 0.3 is 0 Å². The molecule has 3 heterocycles. The lowest BCUT2D eigenvalue weighted by Gasteiger charge is -2.16. The second kappa shape index (κ2) is 5.53. The van der Waals surface area contributed by atoms with E-state index < -0.39 is 0 Å². The SMILES string of the molecule is COc1cnc(C)c(-n2c(N)c(C#N)c3cc(C)c(C)nc32)c1C. The van der Waals surface area contributed by atoms with Crippen molar-refractivity contribution >= 4 is 16.9 Å². The largest absolute Gasteiger partial charge is 0.495 e. The Balaban J connectivity index is 2.51. The summed E-state index contributed by atoms with van der Waals surface area (Å²) in [6, 6.07) is 4.16. The summed E-state index contributed by atoms with van der Waals surface area (Å²) in [5, 5.41) is 10.3. The van der Waals surface area contributed by atoms with E-state index in [1.54, 1.807) is 17.9 Å². The quantitative estimate of drug-likeness (QED) is 0.783. The van der Waals surface area contributed by atoms with Gasteiger partial charge < -0.3 is 10.5 Å². The summed E-state index contributed by atoms with van der Waals surface area (Å²) in [4.78, 5) is 9.08. The molecule has 24 heavy (non-hydrogen) atoms. The minimum Gasteiger partial charge on any atom is -0.495 e. The fraction of sp³-hybridized carbons (Fsp3) is 0.278. The van der Waals surface area contributed by atoms with Crippen LogP contribution >= 0.6 is 0 Å². The third kappa shape index (κ3) is 2.09. The van der Waals surface area contributed by atoms with Crippen molar-refractivity contribution in [2.75, 3.05) is 12.8 Å². The molecule has 0 fully saturated rings. The van der Waals surface area contributed by atoms with Crippen LogP contribution in [0.1, 0.15) is 28.1 Å². The van der Waals surface area contributed by atoms with Crippen molar-refractivity contribution in [3.05, 3.63) is 40.3 Å². The van der Waals surface area contributed by atoms with Crippen molar-refractivity contribution in [3.8, 4) is 17.5 Å². The number of hydrogen-bond acceptors (Lipinski definition) is 5. The van der Waals surface area contributed by atoms with E-state index in [2.05, 4.69) is 16.0 Å². The van der Waals surface area contributed by atoms with Crippen molar-refractivity contribution < 1.29 is 4.74 Å². The van der Waals surface area contributed by atoms with Crippen LogP contribution in [0.3, 0.4) is 0 Å². The third-order valence-corrected chi connectivity index (χ3v) is 4.42. The van der Waals surface area contributed by atoms with Gasteiger partial charge in [-0.05, 0) is 39.3 Å². The molecule has 6 nitrogen and oxygen atoms in total. The Morgan fingerprint density at radius 3 is 2.54 bits per heavy atom. The maximum atomic E-state index is 9.56. The Labute approximate surface area is 140 Å². The normalized spacial score (nSPS) is 10.8. The summed E-state index contributed by atoms with van der Waals surface area (Å²) in [5.41, 5.74) is 11.8. The van der Waals surface area contributed by atoms with Crippen molar-refractivity contribution in [1.82, 2.24) is 14.5 Å². The molecule has 0 aliphatic heterocycles. The van der Waals surface area contributed by atoms with Crippen LogP contribution in [0.2, 0.25) is 0 Å². The molecular weight excluding hydrogens is 302 g/mol. The smallest absolute Gasteiger partial charge is 0.147 e. The molecule has 0 aliphatic carbocycles. The van der Waals surface area contributed by atoms with E-state index in [0.29, 0.717) is 22.8 Å². The highest BCUT2D eigenvalue weighted by atomic mass is 16.5. The van der Waals surface area contributed by atoms with Crippen LogP contribution in [0, 0.1) is 39.0 Å². The molecule has 0 bridgehead atoms. The van der Waals surface area contributed by atoms with Gasteiger partial charge in [0.1, 0.15) is 28.8 Å². The number of anilines is 1. The molecule has 0 aromatic carbocycles. The molecule has 0 spiro atoms. The van der Waals surface area contributed by atoms with Crippen LogP contribution in [0.5, 0.6) is 5.75 Å². The van der Waals surface area contributed by atoms with E-state index in [0.717, 1.165) is 33.6 Å². The number of nitrogens with zero attached hydrogens (tertiary/aromatic N) is 4. The zero-order valence-corrected chi connectivity index (χ0v) is 14.4. The Bertz CT molecular complexity index is 1010. The topological polar surface area (TPSA) is 89.8 Å². The highest BCUT2D eigenvalue weighted by molar-refractivity contribution is 5.92. The zero-order chi connectivity index (χ0) is 17.6. The zero-order valence-electron chi connectivity index (χ0n) is 14.4. The highest BCUT2D eigenvalue weighted by Gasteiger charge is 2.22. The Morgan fingerprint density at radius 1 is 1.21 bits per heavy atom. The Hall–Kier alpha value is -3.07. The number of aromatic nitrogens is 3. The molecule has 0 atom stereocenters. The number of aryl methyl sites for hydroxylation is 3. The van der Waals surface area contributed by atoms with Gasteiger partial charge in [0.05, 0.1) is 24.7 Å². The first-order chi connectivity index (χ1) is 11.4. The number of fused-ring (bicyclic) bond motifs is 1. The molecule has 0 saturated carbocycles. The number of methoxy groups -OCH3 is 1. The molecule has 0 unspecified atom stereocenters. The molecule has 3 rings (SSSR count). The van der Waals surface area contributed by atoms with E-state index >= 15 is 0 Å². The molecule has 122 valence electrons. The molecule has 3 aromatic rings. The van der Waals surface area contributed by atoms with Crippen LogP contribution in [0.25, 0.3) is 16.7 Å². The summed E-state index contributed by atoms with van der Waals surface area (Å²) in [6.07, 6.45) is 1.68. The first kappa shape index (κ1) is 15.8. The fourth-order valence-corrected chi connectivity index (χ4v) is 2.99. The first-order valence-corrected chi connectivity index (χ1v) is 7.59. The maximum Gasteiger partial charge on any atom is 0.147 e. The lowest BCUT2D eigenvalue weighted by molar-refractivity contribution is 0.409. The number of nitrogen functional groups attached to an aromatic ring is 1. The van der Waals surface area contributed by atoms with Crippen LogP contribution in [-0.2, 0) is 0 Å². The average Bonchev–Trinajstić information content (AvgIpc) is 2.80. The van der Waals surface area contributed by atoms with E-state index in [-0.39, 0.29) is 0 Å². The summed E-state index contributed by atoms with van der Waals surface area (Å²) in [6.45, 7) is 7.76. The lowest BCUT2D eigenvalue weighted by Crippen LogP contribution is -2.08. The molecule has 0 saturated heterocycles. The van der Waals surface area contributed by atoms with Crippen LogP contribution in [0.4, 0.5) is 5.82 Å². The lowest BCUT2D eigenvalue weighted by atomic mass is 10.1. The van der Waals surface area contributed by atoms with Gasteiger partial charge in [-0.3, -0.25) is 9.55 Å². The maximum absolute atomic E-state index is 9.56. The van der Waals surface area contributed by atoms with Gasteiger partial charge in [0.15, 0.2) is 0 Å². The Kier molecular flexibility index (Phi) is 3.64. The van der Waals surface area contributed by atoms with E-state index in [9.17, 15) is 5.26 Å². The molecular formula is C18H19N5O. The number of ether oxygens (including phenoxy) is 1. The predicted octanol–water partition coefficient (Wildman–Crippen LogP) is 3.12. The van der Waals surface area contributed by atoms with E-state index in [1.807, 2.05) is 33.8 Å². The Morgan fingerprint density at radius 2 is 1.92 bits per heavy atom. The van der Waals surface area contributed by atoms with Gasteiger partial charge in [0, 0.05) is 16.6 Å². The standard InChI is InChI=1S/C18H19N5O/c1-9-6-13-14(7-19)17(20)23(18(13)22-11(9)3)16-10(2)15(24-5)8-21-12(16)4/h6,8H,20H2,1-5H3. The van der Waals surface area contributed by atoms with Gasteiger partial charge in [0.2, 0.25) is 0 Å².